The molecule has 0 radical (unpaired) electrons. The van der Waals surface area contributed by atoms with Gasteiger partial charge in [-0.15, -0.1) is 0 Å². The Bertz CT molecular complexity index is 365. The fourth-order valence-corrected chi connectivity index (χ4v) is 1.93. The van der Waals surface area contributed by atoms with Crippen LogP contribution in [0.1, 0.15) is 46.6 Å². The SMILES string of the molecule is CC(C)(CNC(C)(C)C)COCCCc1ccccc1. The number of nitrogens with one attached hydrogen (secondary N) is 1. The maximum Gasteiger partial charge on any atom is 0.0529 e. The molecule has 0 aliphatic heterocycles. The van der Waals surface area contributed by atoms with E-state index in [1.807, 2.05) is 0 Å². The Balaban J connectivity index is 2.13. The van der Waals surface area contributed by atoms with Crippen LogP contribution in [-0.4, -0.2) is 25.3 Å². The molecule has 2 heteroatoms. The molecule has 114 valence electrons. The normalized spacial score (nSPS) is 12.7. The first-order chi connectivity index (χ1) is 9.29. The summed E-state index contributed by atoms with van der Waals surface area (Å²) in [5.41, 5.74) is 1.75. The van der Waals surface area contributed by atoms with Gasteiger partial charge < -0.3 is 10.1 Å². The number of rotatable bonds is 8. The first-order valence-corrected chi connectivity index (χ1v) is 7.65. The van der Waals surface area contributed by atoms with Gasteiger partial charge in [-0.2, -0.15) is 0 Å². The molecule has 2 nitrogen and oxygen atoms in total. The van der Waals surface area contributed by atoms with Crippen molar-refractivity contribution in [1.29, 1.82) is 0 Å². The molecule has 0 saturated carbocycles. The van der Waals surface area contributed by atoms with Crippen LogP contribution in [0.2, 0.25) is 0 Å². The summed E-state index contributed by atoms with van der Waals surface area (Å²) in [7, 11) is 0. The highest BCUT2D eigenvalue weighted by molar-refractivity contribution is 5.14. The summed E-state index contributed by atoms with van der Waals surface area (Å²) >= 11 is 0. The van der Waals surface area contributed by atoms with Crippen molar-refractivity contribution in [3.05, 3.63) is 35.9 Å². The highest BCUT2D eigenvalue weighted by atomic mass is 16.5. The van der Waals surface area contributed by atoms with Crippen LogP contribution in [0.15, 0.2) is 30.3 Å². The molecule has 1 aromatic rings. The molecular formula is C18H31NO. The van der Waals surface area contributed by atoms with Crippen LogP contribution in [0.4, 0.5) is 0 Å². The lowest BCUT2D eigenvalue weighted by Crippen LogP contribution is -2.43. The Hall–Kier alpha value is -0.860. The van der Waals surface area contributed by atoms with Crippen molar-refractivity contribution < 1.29 is 4.74 Å². The van der Waals surface area contributed by atoms with Crippen LogP contribution in [0.25, 0.3) is 0 Å². The van der Waals surface area contributed by atoms with Crippen molar-refractivity contribution in [2.75, 3.05) is 19.8 Å². The van der Waals surface area contributed by atoms with Crippen molar-refractivity contribution in [1.82, 2.24) is 5.32 Å². The molecule has 0 unspecified atom stereocenters. The zero-order chi connectivity index (χ0) is 15.1. The molecule has 1 aromatic carbocycles. The molecule has 0 saturated heterocycles. The molecule has 1 N–H and O–H groups in total. The van der Waals surface area contributed by atoms with Gasteiger partial charge in [0, 0.05) is 24.1 Å². The van der Waals surface area contributed by atoms with Crippen LogP contribution >= 0.6 is 0 Å². The summed E-state index contributed by atoms with van der Waals surface area (Å²) in [6.45, 7) is 13.7. The molecule has 0 aliphatic carbocycles. The molecule has 0 aliphatic rings. The lowest BCUT2D eigenvalue weighted by Gasteiger charge is -2.30. The van der Waals surface area contributed by atoms with E-state index < -0.39 is 0 Å². The van der Waals surface area contributed by atoms with Gasteiger partial charge in [-0.25, -0.2) is 0 Å². The third-order valence-corrected chi connectivity index (χ3v) is 3.19. The Morgan fingerprint density at radius 1 is 1.00 bits per heavy atom. The maximum atomic E-state index is 5.85. The van der Waals surface area contributed by atoms with Gasteiger partial charge in [-0.1, -0.05) is 44.2 Å². The fourth-order valence-electron chi connectivity index (χ4n) is 1.93. The molecule has 0 bridgehead atoms. The third kappa shape index (κ3) is 8.34. The van der Waals surface area contributed by atoms with E-state index in [0.717, 1.165) is 32.6 Å². The fraction of sp³-hybridized carbons (Fsp3) is 0.667. The second kappa shape index (κ2) is 7.80. The molecule has 0 heterocycles. The smallest absolute Gasteiger partial charge is 0.0529 e. The molecule has 0 amide bonds. The van der Waals surface area contributed by atoms with E-state index in [0.29, 0.717) is 0 Å². The minimum atomic E-state index is 0.171. The van der Waals surface area contributed by atoms with Crippen LogP contribution in [0, 0.1) is 5.41 Å². The van der Waals surface area contributed by atoms with Crippen molar-refractivity contribution in [3.63, 3.8) is 0 Å². The van der Waals surface area contributed by atoms with Gasteiger partial charge in [-0.05, 0) is 39.2 Å². The van der Waals surface area contributed by atoms with Gasteiger partial charge in [0.25, 0.3) is 0 Å². The quantitative estimate of drug-likeness (QED) is 0.724. The lowest BCUT2D eigenvalue weighted by molar-refractivity contribution is 0.0576. The second-order valence-corrected chi connectivity index (χ2v) is 7.41. The first-order valence-electron chi connectivity index (χ1n) is 7.65. The molecule has 0 aromatic heterocycles. The van der Waals surface area contributed by atoms with Gasteiger partial charge in [0.05, 0.1) is 6.61 Å². The summed E-state index contributed by atoms with van der Waals surface area (Å²) in [6.07, 6.45) is 2.19. The van der Waals surface area contributed by atoms with Gasteiger partial charge in [0.1, 0.15) is 0 Å². The van der Waals surface area contributed by atoms with Crippen molar-refractivity contribution in [2.24, 2.45) is 5.41 Å². The molecular weight excluding hydrogens is 246 g/mol. The summed E-state index contributed by atoms with van der Waals surface area (Å²) < 4.78 is 5.85. The molecule has 1 rings (SSSR count). The average Bonchev–Trinajstić information content (AvgIpc) is 2.37. The summed E-state index contributed by atoms with van der Waals surface area (Å²) in [5, 5.41) is 3.55. The van der Waals surface area contributed by atoms with E-state index in [1.54, 1.807) is 0 Å². The second-order valence-electron chi connectivity index (χ2n) is 7.41. The molecule has 20 heavy (non-hydrogen) atoms. The number of hydrogen-bond donors (Lipinski definition) is 1. The maximum absolute atomic E-state index is 5.85. The lowest BCUT2D eigenvalue weighted by atomic mass is 9.93. The number of ether oxygens (including phenoxy) is 1. The predicted octanol–water partition coefficient (Wildman–Crippen LogP) is 4.05. The van der Waals surface area contributed by atoms with Crippen LogP contribution < -0.4 is 5.32 Å². The highest BCUT2D eigenvalue weighted by Gasteiger charge is 2.20. The highest BCUT2D eigenvalue weighted by Crippen LogP contribution is 2.16. The van der Waals surface area contributed by atoms with E-state index in [2.05, 4.69) is 70.3 Å². The summed E-state index contributed by atoms with van der Waals surface area (Å²) in [6, 6.07) is 10.6. The Labute approximate surface area is 124 Å². The average molecular weight is 277 g/mol. The molecule has 0 atom stereocenters. The van der Waals surface area contributed by atoms with E-state index in [-0.39, 0.29) is 11.0 Å². The minimum absolute atomic E-state index is 0.171. The zero-order valence-electron chi connectivity index (χ0n) is 13.8. The molecule has 0 spiro atoms. The van der Waals surface area contributed by atoms with Gasteiger partial charge in [0.2, 0.25) is 0 Å². The number of hydrogen-bond acceptors (Lipinski definition) is 2. The van der Waals surface area contributed by atoms with Gasteiger partial charge in [-0.3, -0.25) is 0 Å². The molecule has 0 fully saturated rings. The zero-order valence-corrected chi connectivity index (χ0v) is 13.8. The van der Waals surface area contributed by atoms with Gasteiger partial charge in [0.15, 0.2) is 0 Å². The van der Waals surface area contributed by atoms with E-state index in [1.165, 1.54) is 5.56 Å². The monoisotopic (exact) mass is 277 g/mol. The van der Waals surface area contributed by atoms with Crippen molar-refractivity contribution in [3.8, 4) is 0 Å². The Kier molecular flexibility index (Phi) is 6.70. The predicted molar refractivity (Wildman–Crippen MR) is 87.1 cm³/mol. The standard InChI is InChI=1S/C18H31NO/c1-17(2,3)19-14-18(4,5)15-20-13-9-12-16-10-7-6-8-11-16/h6-8,10-11,19H,9,12-15H2,1-5H3. The Morgan fingerprint density at radius 3 is 2.25 bits per heavy atom. The summed E-state index contributed by atoms with van der Waals surface area (Å²) in [4.78, 5) is 0. The van der Waals surface area contributed by atoms with Crippen LogP contribution in [-0.2, 0) is 11.2 Å². The van der Waals surface area contributed by atoms with Gasteiger partial charge >= 0.3 is 0 Å². The summed E-state index contributed by atoms with van der Waals surface area (Å²) in [5.74, 6) is 0. The largest absolute Gasteiger partial charge is 0.381 e. The van der Waals surface area contributed by atoms with E-state index in [4.69, 9.17) is 4.74 Å². The minimum Gasteiger partial charge on any atom is -0.381 e. The van der Waals surface area contributed by atoms with Crippen molar-refractivity contribution >= 4 is 0 Å². The number of aryl methyl sites for hydroxylation is 1. The van der Waals surface area contributed by atoms with E-state index in [9.17, 15) is 0 Å². The Morgan fingerprint density at radius 2 is 1.65 bits per heavy atom. The van der Waals surface area contributed by atoms with Crippen LogP contribution in [0.5, 0.6) is 0 Å². The van der Waals surface area contributed by atoms with Crippen LogP contribution in [0.3, 0.4) is 0 Å². The van der Waals surface area contributed by atoms with Crippen molar-refractivity contribution in [2.45, 2.75) is 53.0 Å². The topological polar surface area (TPSA) is 21.3 Å². The number of benzene rings is 1. The third-order valence-electron chi connectivity index (χ3n) is 3.19. The first kappa shape index (κ1) is 17.2. The van der Waals surface area contributed by atoms with E-state index >= 15 is 0 Å².